The van der Waals surface area contributed by atoms with E-state index < -0.39 is 29.1 Å². The molecule has 2 aromatic rings. The molecule has 1 saturated carbocycles. The molecule has 0 unspecified atom stereocenters. The molecule has 2 aliphatic heterocycles. The number of amides is 2. The van der Waals surface area contributed by atoms with Gasteiger partial charge in [0.05, 0.1) is 5.41 Å². The molecule has 0 aromatic heterocycles. The van der Waals surface area contributed by atoms with E-state index in [1.54, 1.807) is 6.07 Å². The second kappa shape index (κ2) is 6.23. The van der Waals surface area contributed by atoms with Gasteiger partial charge in [0.2, 0.25) is 0 Å². The summed E-state index contributed by atoms with van der Waals surface area (Å²) in [5.41, 5.74) is -1.05. The van der Waals surface area contributed by atoms with Crippen LogP contribution in [0.25, 0.3) is 11.1 Å². The largest absolute Gasteiger partial charge is 0.447 e. The van der Waals surface area contributed by atoms with E-state index in [4.69, 9.17) is 4.74 Å². The van der Waals surface area contributed by atoms with Crippen LogP contribution < -0.4 is 5.32 Å². The molecule has 3 fully saturated rings. The SMILES string of the molecule is O=C1NC2(CO1)CN(C(=O)c1ccc(-c3ccccc3)cc1C1(C(F)(F)F)CC1)C2. The van der Waals surface area contributed by atoms with Gasteiger partial charge in [0.15, 0.2) is 0 Å². The van der Waals surface area contributed by atoms with Gasteiger partial charge < -0.3 is 15.0 Å². The lowest BCUT2D eigenvalue weighted by molar-refractivity contribution is -0.160. The van der Waals surface area contributed by atoms with Gasteiger partial charge in [-0.3, -0.25) is 4.79 Å². The maximum Gasteiger partial charge on any atom is 0.407 e. The number of likely N-dealkylation sites (tertiary alicyclic amines) is 1. The molecule has 0 radical (unpaired) electrons. The number of benzene rings is 2. The Kier molecular flexibility index (Phi) is 3.94. The second-order valence-electron chi connectivity index (χ2n) is 8.35. The van der Waals surface area contributed by atoms with Crippen molar-refractivity contribution >= 4 is 12.0 Å². The minimum atomic E-state index is -4.43. The van der Waals surface area contributed by atoms with Crippen LogP contribution in [0, 0.1) is 0 Å². The highest BCUT2D eigenvalue weighted by molar-refractivity contribution is 5.98. The molecular formula is C22H19F3N2O3. The number of carbonyl (C=O) groups excluding carboxylic acids is 2. The van der Waals surface area contributed by atoms with Gasteiger partial charge in [0, 0.05) is 18.7 Å². The zero-order valence-corrected chi connectivity index (χ0v) is 16.0. The van der Waals surface area contributed by atoms with Crippen LogP contribution in [0.3, 0.4) is 0 Å². The van der Waals surface area contributed by atoms with Gasteiger partial charge in [0.1, 0.15) is 12.1 Å². The van der Waals surface area contributed by atoms with E-state index in [1.807, 2.05) is 30.3 Å². The number of cyclic esters (lactones) is 1. The number of nitrogens with one attached hydrogen (secondary N) is 1. The van der Waals surface area contributed by atoms with Crippen molar-refractivity contribution in [2.45, 2.75) is 30.0 Å². The third-order valence-corrected chi connectivity index (χ3v) is 6.29. The van der Waals surface area contributed by atoms with Crippen LogP contribution in [0.2, 0.25) is 0 Å². The Balaban J connectivity index is 1.50. The van der Waals surface area contributed by atoms with E-state index >= 15 is 0 Å². The summed E-state index contributed by atoms with van der Waals surface area (Å²) in [7, 11) is 0. The van der Waals surface area contributed by atoms with Crippen LogP contribution in [-0.2, 0) is 10.2 Å². The van der Waals surface area contributed by atoms with Gasteiger partial charge in [-0.05, 0) is 41.7 Å². The number of alkyl halides is 3. The molecule has 2 saturated heterocycles. The first-order chi connectivity index (χ1) is 14.2. The number of halogens is 3. The first kappa shape index (κ1) is 19.0. The number of hydrogen-bond acceptors (Lipinski definition) is 3. The highest BCUT2D eigenvalue weighted by Gasteiger charge is 2.65. The number of hydrogen-bond donors (Lipinski definition) is 1. The normalized spacial score (nSPS) is 21.0. The zero-order chi connectivity index (χ0) is 21.1. The third-order valence-electron chi connectivity index (χ3n) is 6.29. The molecule has 1 spiro atoms. The van der Waals surface area contributed by atoms with E-state index in [1.165, 1.54) is 17.0 Å². The monoisotopic (exact) mass is 416 g/mol. The Morgan fingerprint density at radius 3 is 2.30 bits per heavy atom. The number of rotatable bonds is 3. The fraction of sp³-hybridized carbons (Fsp3) is 0.364. The van der Waals surface area contributed by atoms with Crippen molar-refractivity contribution in [3.8, 4) is 11.1 Å². The van der Waals surface area contributed by atoms with Crippen LogP contribution in [0.4, 0.5) is 18.0 Å². The summed E-state index contributed by atoms with van der Waals surface area (Å²) in [5, 5.41) is 2.68. The Morgan fingerprint density at radius 2 is 1.73 bits per heavy atom. The average Bonchev–Trinajstić information content (AvgIpc) is 3.43. The second-order valence-corrected chi connectivity index (χ2v) is 8.35. The van der Waals surface area contributed by atoms with Crippen LogP contribution in [-0.4, -0.2) is 48.3 Å². The van der Waals surface area contributed by atoms with Gasteiger partial charge in [-0.2, -0.15) is 13.2 Å². The smallest absolute Gasteiger partial charge is 0.407 e. The Morgan fingerprint density at radius 1 is 1.03 bits per heavy atom. The third kappa shape index (κ3) is 2.85. The molecule has 0 bridgehead atoms. The van der Waals surface area contributed by atoms with Crippen LogP contribution in [0.1, 0.15) is 28.8 Å². The van der Waals surface area contributed by atoms with Crippen molar-refractivity contribution in [1.29, 1.82) is 0 Å². The number of nitrogens with zero attached hydrogens (tertiary/aromatic N) is 1. The lowest BCUT2D eigenvalue weighted by Gasteiger charge is -2.46. The van der Waals surface area contributed by atoms with Gasteiger partial charge in [-0.25, -0.2) is 4.79 Å². The fourth-order valence-corrected chi connectivity index (χ4v) is 4.43. The Labute approximate surface area is 170 Å². The average molecular weight is 416 g/mol. The molecule has 2 amide bonds. The van der Waals surface area contributed by atoms with Crippen LogP contribution in [0.5, 0.6) is 0 Å². The van der Waals surface area contributed by atoms with E-state index in [2.05, 4.69) is 5.32 Å². The van der Waals surface area contributed by atoms with E-state index in [-0.39, 0.29) is 43.7 Å². The van der Waals surface area contributed by atoms with Crippen molar-refractivity contribution in [2.24, 2.45) is 0 Å². The molecule has 5 rings (SSSR count). The maximum absolute atomic E-state index is 14.0. The molecule has 1 aliphatic carbocycles. The molecule has 30 heavy (non-hydrogen) atoms. The summed E-state index contributed by atoms with van der Waals surface area (Å²) in [4.78, 5) is 25.9. The van der Waals surface area contributed by atoms with Crippen molar-refractivity contribution in [3.63, 3.8) is 0 Å². The number of alkyl carbamates (subject to hydrolysis) is 1. The van der Waals surface area contributed by atoms with Crippen molar-refractivity contribution in [2.75, 3.05) is 19.7 Å². The topological polar surface area (TPSA) is 58.6 Å². The molecule has 1 N–H and O–H groups in total. The minimum absolute atomic E-state index is 0.0249. The fourth-order valence-electron chi connectivity index (χ4n) is 4.43. The number of carbonyl (C=O) groups is 2. The molecule has 156 valence electrons. The van der Waals surface area contributed by atoms with Crippen molar-refractivity contribution in [3.05, 3.63) is 59.7 Å². The van der Waals surface area contributed by atoms with E-state index in [0.29, 0.717) is 5.56 Å². The molecule has 8 heteroatoms. The summed E-state index contributed by atoms with van der Waals surface area (Å²) in [6, 6.07) is 13.8. The maximum atomic E-state index is 14.0. The highest BCUT2D eigenvalue weighted by atomic mass is 19.4. The molecule has 3 aliphatic rings. The van der Waals surface area contributed by atoms with Crippen molar-refractivity contribution in [1.82, 2.24) is 10.2 Å². The lowest BCUT2D eigenvalue weighted by Crippen LogP contribution is -2.70. The first-order valence-corrected chi connectivity index (χ1v) is 9.74. The van der Waals surface area contributed by atoms with Crippen LogP contribution >= 0.6 is 0 Å². The highest BCUT2D eigenvalue weighted by Crippen LogP contribution is 2.60. The number of ether oxygens (including phenoxy) is 1. The predicted molar refractivity (Wildman–Crippen MR) is 102 cm³/mol. The summed E-state index contributed by atoms with van der Waals surface area (Å²) in [5.74, 6) is -0.452. The molecule has 0 atom stereocenters. The summed E-state index contributed by atoms with van der Waals surface area (Å²) in [6.07, 6.45) is -5.02. The van der Waals surface area contributed by atoms with Gasteiger partial charge in [0.25, 0.3) is 5.91 Å². The Bertz CT molecular complexity index is 1030. The molecule has 5 nitrogen and oxygen atoms in total. The van der Waals surface area contributed by atoms with Gasteiger partial charge in [-0.15, -0.1) is 0 Å². The Hall–Kier alpha value is -3.03. The summed E-state index contributed by atoms with van der Waals surface area (Å²) >= 11 is 0. The standard InChI is InChI=1S/C22H19F3N2O3/c23-22(24,25)21(8-9-21)17-10-15(14-4-2-1-3-5-14)6-7-16(17)18(28)27-11-20(12-27)13-30-19(29)26-20/h1-7,10H,8-9,11-13H2,(H,26,29). The van der Waals surface area contributed by atoms with E-state index in [0.717, 1.165) is 5.56 Å². The predicted octanol–water partition coefficient (Wildman–Crippen LogP) is 3.88. The molecule has 2 heterocycles. The van der Waals surface area contributed by atoms with E-state index in [9.17, 15) is 22.8 Å². The van der Waals surface area contributed by atoms with Gasteiger partial charge in [-0.1, -0.05) is 36.4 Å². The van der Waals surface area contributed by atoms with Crippen molar-refractivity contribution < 1.29 is 27.5 Å². The lowest BCUT2D eigenvalue weighted by atomic mass is 9.85. The summed E-state index contributed by atoms with van der Waals surface area (Å²) < 4.78 is 46.8. The zero-order valence-electron chi connectivity index (χ0n) is 16.0. The minimum Gasteiger partial charge on any atom is -0.447 e. The van der Waals surface area contributed by atoms with Crippen LogP contribution in [0.15, 0.2) is 48.5 Å². The quantitative estimate of drug-likeness (QED) is 0.826. The first-order valence-electron chi connectivity index (χ1n) is 9.74. The summed E-state index contributed by atoms with van der Waals surface area (Å²) in [6.45, 7) is 0.592. The van der Waals surface area contributed by atoms with Gasteiger partial charge >= 0.3 is 12.3 Å². The molecule has 2 aromatic carbocycles. The molecular weight excluding hydrogens is 397 g/mol.